The number of aliphatic hydroxyl groups excluding tert-OH is 1. The largest absolute Gasteiger partial charge is 0.394 e. The molecular weight excluding hydrogens is 226 g/mol. The fourth-order valence-corrected chi connectivity index (χ4v) is 2.64. The van der Waals surface area contributed by atoms with E-state index in [4.69, 9.17) is 0 Å². The van der Waals surface area contributed by atoms with E-state index in [0.29, 0.717) is 5.92 Å². The van der Waals surface area contributed by atoms with Crippen molar-refractivity contribution in [2.24, 2.45) is 5.92 Å². The van der Waals surface area contributed by atoms with Gasteiger partial charge in [0.05, 0.1) is 12.6 Å². The Balaban J connectivity index is 2.21. The molecule has 1 aromatic rings. The van der Waals surface area contributed by atoms with Crippen molar-refractivity contribution >= 4 is 5.82 Å². The lowest BCUT2D eigenvalue weighted by molar-refractivity contribution is 0.244. The molecule has 0 aliphatic carbocycles. The van der Waals surface area contributed by atoms with E-state index in [0.717, 1.165) is 31.9 Å². The van der Waals surface area contributed by atoms with Crippen LogP contribution in [-0.4, -0.2) is 35.8 Å². The van der Waals surface area contributed by atoms with E-state index in [1.807, 2.05) is 12.3 Å². The number of pyridine rings is 1. The summed E-state index contributed by atoms with van der Waals surface area (Å²) < 4.78 is 0. The molecule has 1 aliphatic heterocycles. The Morgan fingerprint density at radius 1 is 1.56 bits per heavy atom. The minimum Gasteiger partial charge on any atom is -0.394 e. The van der Waals surface area contributed by atoms with Crippen LogP contribution in [0, 0.1) is 5.92 Å². The second-order valence-corrected chi connectivity index (χ2v) is 4.98. The van der Waals surface area contributed by atoms with Crippen molar-refractivity contribution in [3.05, 3.63) is 23.9 Å². The van der Waals surface area contributed by atoms with Crippen LogP contribution in [0.1, 0.15) is 25.8 Å². The zero-order valence-electron chi connectivity index (χ0n) is 11.3. The van der Waals surface area contributed by atoms with Gasteiger partial charge in [-0.2, -0.15) is 0 Å². The summed E-state index contributed by atoms with van der Waals surface area (Å²) in [4.78, 5) is 6.78. The molecule has 0 spiro atoms. The first-order valence-electron chi connectivity index (χ1n) is 6.80. The molecule has 2 N–H and O–H groups in total. The molecule has 0 radical (unpaired) electrons. The quantitative estimate of drug-likeness (QED) is 0.828. The molecule has 1 aromatic heterocycles. The highest BCUT2D eigenvalue weighted by Gasteiger charge is 2.32. The highest BCUT2D eigenvalue weighted by molar-refractivity contribution is 5.49. The van der Waals surface area contributed by atoms with Gasteiger partial charge in [-0.25, -0.2) is 4.98 Å². The zero-order chi connectivity index (χ0) is 13.0. The van der Waals surface area contributed by atoms with Crippen molar-refractivity contribution in [2.45, 2.75) is 32.9 Å². The van der Waals surface area contributed by atoms with Crippen LogP contribution >= 0.6 is 0 Å². The Bertz CT molecular complexity index is 383. The van der Waals surface area contributed by atoms with Crippen molar-refractivity contribution in [3.8, 4) is 0 Å². The maximum absolute atomic E-state index is 9.55. The molecule has 4 heteroatoms. The van der Waals surface area contributed by atoms with Gasteiger partial charge in [-0.1, -0.05) is 19.9 Å². The molecule has 2 unspecified atom stereocenters. The molecule has 2 rings (SSSR count). The van der Waals surface area contributed by atoms with Gasteiger partial charge >= 0.3 is 0 Å². The summed E-state index contributed by atoms with van der Waals surface area (Å²) >= 11 is 0. The fraction of sp³-hybridized carbons (Fsp3) is 0.643. The average molecular weight is 249 g/mol. The van der Waals surface area contributed by atoms with E-state index >= 15 is 0 Å². The standard InChI is InChI=1S/C14H23N3O/c1-3-15-9-12-5-4-7-16-14(12)17-8-6-11(2)13(17)10-18/h4-5,7,11,13,15,18H,3,6,8-10H2,1-2H3. The number of aliphatic hydroxyl groups is 1. The molecule has 1 fully saturated rings. The molecule has 1 saturated heterocycles. The smallest absolute Gasteiger partial charge is 0.133 e. The van der Waals surface area contributed by atoms with E-state index in [9.17, 15) is 5.11 Å². The molecule has 0 bridgehead atoms. The lowest BCUT2D eigenvalue weighted by Gasteiger charge is -2.28. The first-order chi connectivity index (χ1) is 8.77. The van der Waals surface area contributed by atoms with Gasteiger partial charge in [0.2, 0.25) is 0 Å². The molecule has 2 heterocycles. The first-order valence-corrected chi connectivity index (χ1v) is 6.80. The second-order valence-electron chi connectivity index (χ2n) is 4.98. The van der Waals surface area contributed by atoms with E-state index in [1.165, 1.54) is 5.56 Å². The van der Waals surface area contributed by atoms with E-state index in [-0.39, 0.29) is 12.6 Å². The van der Waals surface area contributed by atoms with Crippen molar-refractivity contribution in [2.75, 3.05) is 24.6 Å². The van der Waals surface area contributed by atoms with Gasteiger partial charge in [-0.3, -0.25) is 0 Å². The summed E-state index contributed by atoms with van der Waals surface area (Å²) in [7, 11) is 0. The number of nitrogens with zero attached hydrogens (tertiary/aromatic N) is 2. The van der Waals surface area contributed by atoms with Crippen LogP contribution in [0.25, 0.3) is 0 Å². The van der Waals surface area contributed by atoms with Crippen molar-refractivity contribution in [3.63, 3.8) is 0 Å². The third kappa shape index (κ3) is 2.65. The highest BCUT2D eigenvalue weighted by Crippen LogP contribution is 2.30. The van der Waals surface area contributed by atoms with Gasteiger partial charge in [0.25, 0.3) is 0 Å². The molecule has 0 saturated carbocycles. The zero-order valence-corrected chi connectivity index (χ0v) is 11.3. The number of aromatic nitrogens is 1. The molecule has 1 aliphatic rings. The SMILES string of the molecule is CCNCc1cccnc1N1CCC(C)C1CO. The molecule has 18 heavy (non-hydrogen) atoms. The Hall–Kier alpha value is -1.13. The van der Waals surface area contributed by atoms with Crippen LogP contribution in [0.4, 0.5) is 5.82 Å². The maximum atomic E-state index is 9.55. The van der Waals surface area contributed by atoms with Crippen LogP contribution < -0.4 is 10.2 Å². The summed E-state index contributed by atoms with van der Waals surface area (Å²) in [5.74, 6) is 1.56. The summed E-state index contributed by atoms with van der Waals surface area (Å²) in [5.41, 5.74) is 1.21. The monoisotopic (exact) mass is 249 g/mol. The molecule has 0 amide bonds. The normalized spacial score (nSPS) is 23.6. The summed E-state index contributed by atoms with van der Waals surface area (Å²) in [6.45, 7) is 7.29. The molecular formula is C14H23N3O. The molecule has 2 atom stereocenters. The topological polar surface area (TPSA) is 48.4 Å². The predicted molar refractivity (Wildman–Crippen MR) is 73.6 cm³/mol. The third-order valence-corrected chi connectivity index (χ3v) is 3.77. The van der Waals surface area contributed by atoms with Gasteiger partial charge < -0.3 is 15.3 Å². The van der Waals surface area contributed by atoms with Gasteiger partial charge in [-0.15, -0.1) is 0 Å². The fourth-order valence-electron chi connectivity index (χ4n) is 2.64. The Morgan fingerprint density at radius 2 is 2.39 bits per heavy atom. The Labute approximate surface area is 109 Å². The summed E-state index contributed by atoms with van der Waals surface area (Å²) in [6.07, 6.45) is 2.96. The lowest BCUT2D eigenvalue weighted by Crippen LogP contribution is -2.36. The van der Waals surface area contributed by atoms with E-state index in [1.54, 1.807) is 0 Å². The molecule has 4 nitrogen and oxygen atoms in total. The van der Waals surface area contributed by atoms with E-state index in [2.05, 4.69) is 35.1 Å². The number of hydrogen-bond acceptors (Lipinski definition) is 4. The Kier molecular flexibility index (Phi) is 4.55. The predicted octanol–water partition coefficient (Wildman–Crippen LogP) is 1.40. The number of nitrogens with one attached hydrogen (secondary N) is 1. The van der Waals surface area contributed by atoms with Gasteiger partial charge in [0.15, 0.2) is 0 Å². The van der Waals surface area contributed by atoms with Crippen LogP contribution in [0.5, 0.6) is 0 Å². The van der Waals surface area contributed by atoms with Crippen LogP contribution in [0.15, 0.2) is 18.3 Å². The van der Waals surface area contributed by atoms with Crippen molar-refractivity contribution in [1.82, 2.24) is 10.3 Å². The summed E-state index contributed by atoms with van der Waals surface area (Å²) in [5, 5.41) is 12.9. The van der Waals surface area contributed by atoms with Gasteiger partial charge in [-0.05, 0) is 24.9 Å². The second kappa shape index (κ2) is 6.16. The van der Waals surface area contributed by atoms with Crippen molar-refractivity contribution in [1.29, 1.82) is 0 Å². The van der Waals surface area contributed by atoms with Crippen LogP contribution in [0.2, 0.25) is 0 Å². The minimum atomic E-state index is 0.207. The number of rotatable bonds is 5. The summed E-state index contributed by atoms with van der Waals surface area (Å²) in [6, 6.07) is 4.30. The highest BCUT2D eigenvalue weighted by atomic mass is 16.3. The number of hydrogen-bond donors (Lipinski definition) is 2. The van der Waals surface area contributed by atoms with Gasteiger partial charge in [0, 0.05) is 24.8 Å². The van der Waals surface area contributed by atoms with Crippen molar-refractivity contribution < 1.29 is 5.11 Å². The van der Waals surface area contributed by atoms with Crippen LogP contribution in [-0.2, 0) is 6.54 Å². The first kappa shape index (κ1) is 13.3. The molecule has 100 valence electrons. The number of anilines is 1. The minimum absolute atomic E-state index is 0.207. The third-order valence-electron chi connectivity index (χ3n) is 3.77. The van der Waals surface area contributed by atoms with Crippen LogP contribution in [0.3, 0.4) is 0 Å². The lowest BCUT2D eigenvalue weighted by atomic mass is 10.0. The van der Waals surface area contributed by atoms with E-state index < -0.39 is 0 Å². The average Bonchev–Trinajstić information content (AvgIpc) is 2.77. The Morgan fingerprint density at radius 3 is 3.11 bits per heavy atom. The van der Waals surface area contributed by atoms with Gasteiger partial charge in [0.1, 0.15) is 5.82 Å². The molecule has 0 aromatic carbocycles. The maximum Gasteiger partial charge on any atom is 0.133 e.